The van der Waals surface area contributed by atoms with E-state index in [-0.39, 0.29) is 12.5 Å². The monoisotopic (exact) mass is 402 g/mol. The lowest BCUT2D eigenvalue weighted by Crippen LogP contribution is -2.20. The predicted octanol–water partition coefficient (Wildman–Crippen LogP) is 3.14. The van der Waals surface area contributed by atoms with Crippen LogP contribution in [0.15, 0.2) is 24.3 Å². The summed E-state index contributed by atoms with van der Waals surface area (Å²) >= 11 is 7.37. The lowest BCUT2D eigenvalue weighted by molar-refractivity contribution is -0.116. The predicted molar refractivity (Wildman–Crippen MR) is 89.2 cm³/mol. The average Bonchev–Trinajstić information content (AvgIpc) is 2.75. The van der Waals surface area contributed by atoms with Gasteiger partial charge in [0.25, 0.3) is 0 Å². The highest BCUT2D eigenvalue weighted by Crippen LogP contribution is 2.11. The quantitative estimate of drug-likeness (QED) is 0.597. The number of nitrogens with zero attached hydrogens (tertiary/aromatic N) is 2. The van der Waals surface area contributed by atoms with Crippen molar-refractivity contribution in [1.82, 2.24) is 14.8 Å². The average molecular weight is 402 g/mol. The Bertz CT molecular complexity index is 647. The Kier molecular flexibility index (Phi) is 5.30. The number of aryl methyl sites for hydroxylation is 1. The minimum atomic E-state index is -0.110. The number of carbonyl (C=O) groups is 1. The summed E-state index contributed by atoms with van der Waals surface area (Å²) in [5.74, 6) is 0.705. The molecule has 0 aliphatic rings. The smallest absolute Gasteiger partial charge is 0.244 e. The number of rotatable bonds is 5. The van der Waals surface area contributed by atoms with Crippen LogP contribution >= 0.6 is 34.8 Å². The number of amides is 1. The molecule has 0 aliphatic carbocycles. The number of nitrogens with one attached hydrogen (secondary N) is 2. The van der Waals surface area contributed by atoms with Crippen molar-refractivity contribution in [2.75, 3.05) is 5.32 Å². The van der Waals surface area contributed by atoms with E-state index in [9.17, 15) is 4.79 Å². The second kappa shape index (κ2) is 6.98. The molecular weight excluding hydrogens is 387 g/mol. The van der Waals surface area contributed by atoms with Gasteiger partial charge >= 0.3 is 0 Å². The summed E-state index contributed by atoms with van der Waals surface area (Å²) in [5, 5.41) is 9.73. The summed E-state index contributed by atoms with van der Waals surface area (Å²) in [6.07, 6.45) is 1.75. The van der Waals surface area contributed by atoms with Crippen molar-refractivity contribution in [2.24, 2.45) is 0 Å². The first-order chi connectivity index (χ1) is 9.60. The van der Waals surface area contributed by atoms with Crippen molar-refractivity contribution in [1.29, 1.82) is 0 Å². The van der Waals surface area contributed by atoms with Crippen LogP contribution in [0.2, 0.25) is 0 Å². The third-order valence-electron chi connectivity index (χ3n) is 2.74. The topological polar surface area (TPSA) is 62.7 Å². The largest absolute Gasteiger partial charge is 0.325 e. The summed E-state index contributed by atoms with van der Waals surface area (Å²) in [7, 11) is 0. The first-order valence-electron chi connectivity index (χ1n) is 6.29. The third kappa shape index (κ3) is 3.89. The van der Waals surface area contributed by atoms with Crippen LogP contribution in [-0.2, 0) is 17.8 Å². The number of benzene rings is 1. The van der Waals surface area contributed by atoms with Crippen LogP contribution in [0.5, 0.6) is 0 Å². The van der Waals surface area contributed by atoms with E-state index in [1.807, 2.05) is 24.3 Å². The van der Waals surface area contributed by atoms with E-state index >= 15 is 0 Å². The lowest BCUT2D eigenvalue weighted by Gasteiger charge is -2.07. The fourth-order valence-electron chi connectivity index (χ4n) is 1.81. The van der Waals surface area contributed by atoms with E-state index in [2.05, 4.69) is 45.0 Å². The maximum absolute atomic E-state index is 12.1. The SMILES string of the molecule is CCCc1n[nH]c(=S)n1CC(=O)Nc1ccc(I)cc1. The number of hydrogen-bond donors (Lipinski definition) is 2. The van der Waals surface area contributed by atoms with Crippen molar-refractivity contribution < 1.29 is 4.79 Å². The highest BCUT2D eigenvalue weighted by molar-refractivity contribution is 14.1. The lowest BCUT2D eigenvalue weighted by atomic mass is 10.3. The zero-order valence-electron chi connectivity index (χ0n) is 11.0. The molecule has 0 saturated carbocycles. The van der Waals surface area contributed by atoms with Crippen LogP contribution in [0.4, 0.5) is 5.69 Å². The molecule has 1 aromatic carbocycles. The van der Waals surface area contributed by atoms with E-state index in [0.717, 1.165) is 27.9 Å². The van der Waals surface area contributed by atoms with Crippen LogP contribution < -0.4 is 5.32 Å². The molecule has 2 aromatic rings. The van der Waals surface area contributed by atoms with Crippen LogP contribution in [0.3, 0.4) is 0 Å². The maximum atomic E-state index is 12.1. The van der Waals surface area contributed by atoms with E-state index in [1.54, 1.807) is 4.57 Å². The van der Waals surface area contributed by atoms with Crippen LogP contribution in [0.25, 0.3) is 0 Å². The normalized spacial score (nSPS) is 10.5. The molecule has 0 unspecified atom stereocenters. The standard InChI is InChI=1S/C13H15IN4OS/c1-2-3-11-16-17-13(20)18(11)8-12(19)15-10-6-4-9(14)5-7-10/h4-7H,2-3,8H2,1H3,(H,15,19)(H,17,20). The molecule has 7 heteroatoms. The number of hydrogen-bond acceptors (Lipinski definition) is 3. The van der Waals surface area contributed by atoms with Crippen molar-refractivity contribution in [2.45, 2.75) is 26.3 Å². The molecule has 106 valence electrons. The first-order valence-corrected chi connectivity index (χ1v) is 7.78. The summed E-state index contributed by atoms with van der Waals surface area (Å²) in [4.78, 5) is 12.1. The first kappa shape index (κ1) is 15.2. The molecule has 20 heavy (non-hydrogen) atoms. The number of aromatic amines is 1. The minimum Gasteiger partial charge on any atom is -0.325 e. The minimum absolute atomic E-state index is 0.110. The van der Waals surface area contributed by atoms with Gasteiger partial charge < -0.3 is 5.32 Å². The van der Waals surface area contributed by atoms with Crippen molar-refractivity contribution in [3.63, 3.8) is 0 Å². The fourth-order valence-corrected chi connectivity index (χ4v) is 2.38. The van der Waals surface area contributed by atoms with Gasteiger partial charge in [-0.2, -0.15) is 5.10 Å². The zero-order valence-corrected chi connectivity index (χ0v) is 14.0. The molecule has 0 radical (unpaired) electrons. The van der Waals surface area contributed by atoms with E-state index in [1.165, 1.54) is 0 Å². The summed E-state index contributed by atoms with van der Waals surface area (Å²) in [5.41, 5.74) is 0.780. The number of carbonyl (C=O) groups excluding carboxylic acids is 1. The molecule has 0 aliphatic heterocycles. The highest BCUT2D eigenvalue weighted by Gasteiger charge is 2.10. The summed E-state index contributed by atoms with van der Waals surface area (Å²) < 4.78 is 3.34. The van der Waals surface area contributed by atoms with Gasteiger partial charge in [0.15, 0.2) is 4.77 Å². The number of H-pyrrole nitrogens is 1. The Morgan fingerprint density at radius 2 is 2.15 bits per heavy atom. The van der Waals surface area contributed by atoms with E-state index < -0.39 is 0 Å². The van der Waals surface area contributed by atoms with Gasteiger partial charge in [-0.25, -0.2) is 0 Å². The molecule has 1 aromatic heterocycles. The number of anilines is 1. The molecular formula is C13H15IN4OS. The molecule has 5 nitrogen and oxygen atoms in total. The van der Waals surface area contributed by atoms with Gasteiger partial charge in [-0.3, -0.25) is 14.5 Å². The van der Waals surface area contributed by atoms with Crippen molar-refractivity contribution in [3.8, 4) is 0 Å². The van der Waals surface area contributed by atoms with Gasteiger partial charge in [0.05, 0.1) is 0 Å². The van der Waals surface area contributed by atoms with Gasteiger partial charge in [-0.1, -0.05) is 6.92 Å². The molecule has 0 atom stereocenters. The van der Waals surface area contributed by atoms with Gasteiger partial charge in [-0.15, -0.1) is 0 Å². The molecule has 1 amide bonds. The fraction of sp³-hybridized carbons (Fsp3) is 0.308. The van der Waals surface area contributed by atoms with Crippen LogP contribution in [-0.4, -0.2) is 20.7 Å². The Hall–Kier alpha value is -1.22. The van der Waals surface area contributed by atoms with Crippen LogP contribution in [0, 0.1) is 8.34 Å². The Morgan fingerprint density at radius 3 is 2.80 bits per heavy atom. The van der Waals surface area contributed by atoms with Gasteiger partial charge in [-0.05, 0) is 65.5 Å². The molecule has 2 N–H and O–H groups in total. The molecule has 0 fully saturated rings. The second-order valence-electron chi connectivity index (χ2n) is 4.34. The van der Waals surface area contributed by atoms with Crippen molar-refractivity contribution >= 4 is 46.4 Å². The van der Waals surface area contributed by atoms with E-state index in [0.29, 0.717) is 4.77 Å². The molecule has 0 spiro atoms. The maximum Gasteiger partial charge on any atom is 0.244 e. The van der Waals surface area contributed by atoms with Gasteiger partial charge in [0, 0.05) is 15.7 Å². The third-order valence-corrected chi connectivity index (χ3v) is 3.77. The Labute approximate surface area is 135 Å². The van der Waals surface area contributed by atoms with E-state index in [4.69, 9.17) is 12.2 Å². The van der Waals surface area contributed by atoms with Crippen molar-refractivity contribution in [3.05, 3.63) is 38.4 Å². The molecule has 0 bridgehead atoms. The summed E-state index contributed by atoms with van der Waals surface area (Å²) in [6, 6.07) is 7.65. The number of aromatic nitrogens is 3. The Balaban J connectivity index is 2.06. The molecule has 0 saturated heterocycles. The Morgan fingerprint density at radius 1 is 1.45 bits per heavy atom. The highest BCUT2D eigenvalue weighted by atomic mass is 127. The zero-order chi connectivity index (χ0) is 14.5. The van der Waals surface area contributed by atoms with Crippen LogP contribution in [0.1, 0.15) is 19.2 Å². The van der Waals surface area contributed by atoms with Gasteiger partial charge in [0.1, 0.15) is 12.4 Å². The second-order valence-corrected chi connectivity index (χ2v) is 5.97. The molecule has 2 rings (SSSR count). The molecule has 1 heterocycles. The number of halogens is 1. The summed E-state index contributed by atoms with van der Waals surface area (Å²) in [6.45, 7) is 2.24. The van der Waals surface area contributed by atoms with Gasteiger partial charge in [0.2, 0.25) is 5.91 Å².